The van der Waals surface area contributed by atoms with E-state index in [2.05, 4.69) is 21.6 Å². The molecule has 3 nitrogen and oxygen atoms in total. The number of hydrogen-bond donors (Lipinski definition) is 1. The average Bonchev–Trinajstić information content (AvgIpc) is 1.86. The Labute approximate surface area is 84.3 Å². The SMILES string of the molecule is Cc1[c-]nn[nH]1.[K+]. The summed E-state index contributed by atoms with van der Waals surface area (Å²) in [4.78, 5) is 0. The summed E-state index contributed by atoms with van der Waals surface area (Å²) in [7, 11) is 0. The zero-order valence-corrected chi connectivity index (χ0v) is 7.52. The Balaban J connectivity index is 0.000000360. The first-order valence-electron chi connectivity index (χ1n) is 1.65. The van der Waals surface area contributed by atoms with Gasteiger partial charge in [0.15, 0.2) is 0 Å². The molecular weight excluding hydrogens is 117 g/mol. The number of nitrogens with zero attached hydrogens (tertiary/aromatic N) is 2. The minimum Gasteiger partial charge on any atom is -0.352 e. The molecule has 1 aromatic rings. The number of rotatable bonds is 0. The molecule has 0 spiro atoms. The van der Waals surface area contributed by atoms with E-state index in [1.165, 1.54) is 0 Å². The van der Waals surface area contributed by atoms with Crippen molar-refractivity contribution < 1.29 is 51.4 Å². The third-order valence-corrected chi connectivity index (χ3v) is 0.485. The van der Waals surface area contributed by atoms with Crippen molar-refractivity contribution in [3.8, 4) is 0 Å². The first-order valence-corrected chi connectivity index (χ1v) is 1.65. The molecule has 1 N–H and O–H groups in total. The van der Waals surface area contributed by atoms with Crippen molar-refractivity contribution in [1.82, 2.24) is 15.4 Å². The zero-order chi connectivity index (χ0) is 4.41. The number of aryl methyl sites for hydroxylation is 1. The van der Waals surface area contributed by atoms with Gasteiger partial charge in [0.2, 0.25) is 0 Å². The number of aromatic nitrogens is 3. The fourth-order valence-corrected chi connectivity index (χ4v) is 0.225. The van der Waals surface area contributed by atoms with Crippen molar-refractivity contribution in [1.29, 1.82) is 0 Å². The van der Waals surface area contributed by atoms with Crippen LogP contribution in [0.4, 0.5) is 0 Å². The quantitative estimate of drug-likeness (QED) is 0.292. The molecule has 0 amide bonds. The second-order valence-electron chi connectivity index (χ2n) is 1.05. The van der Waals surface area contributed by atoms with Crippen LogP contribution in [0.3, 0.4) is 0 Å². The third kappa shape index (κ3) is 2.56. The Morgan fingerprint density at radius 2 is 2.43 bits per heavy atom. The van der Waals surface area contributed by atoms with Gasteiger partial charge in [-0.15, -0.1) is 10.9 Å². The number of aromatic amines is 1. The summed E-state index contributed by atoms with van der Waals surface area (Å²) in [6.45, 7) is 1.85. The molecule has 1 rings (SSSR count). The molecule has 0 aliphatic carbocycles. The number of nitrogens with one attached hydrogen (secondary N) is 1. The summed E-state index contributed by atoms with van der Waals surface area (Å²) in [6, 6.07) is 0. The predicted octanol–water partition coefficient (Wildman–Crippen LogP) is -3.08. The van der Waals surface area contributed by atoms with Crippen molar-refractivity contribution in [2.45, 2.75) is 6.92 Å². The molecule has 0 bridgehead atoms. The maximum absolute atomic E-state index is 3.39. The molecule has 1 heterocycles. The Morgan fingerprint density at radius 3 is 2.57 bits per heavy atom. The summed E-state index contributed by atoms with van der Waals surface area (Å²) in [5, 5.41) is 9.37. The minimum atomic E-state index is 0. The van der Waals surface area contributed by atoms with Crippen LogP contribution < -0.4 is 51.4 Å². The van der Waals surface area contributed by atoms with E-state index in [0.717, 1.165) is 5.69 Å². The van der Waals surface area contributed by atoms with Crippen molar-refractivity contribution >= 4 is 0 Å². The van der Waals surface area contributed by atoms with Crippen LogP contribution in [-0.4, -0.2) is 15.4 Å². The van der Waals surface area contributed by atoms with Crippen LogP contribution in [-0.2, 0) is 0 Å². The van der Waals surface area contributed by atoms with E-state index in [-0.39, 0.29) is 51.4 Å². The molecule has 7 heavy (non-hydrogen) atoms. The van der Waals surface area contributed by atoms with E-state index >= 15 is 0 Å². The predicted molar refractivity (Wildman–Crippen MR) is 20.0 cm³/mol. The molecule has 0 radical (unpaired) electrons. The van der Waals surface area contributed by atoms with Gasteiger partial charge in [-0.05, 0) is 0 Å². The van der Waals surface area contributed by atoms with Gasteiger partial charge in [-0.3, -0.25) is 0 Å². The smallest absolute Gasteiger partial charge is 0.352 e. The van der Waals surface area contributed by atoms with Gasteiger partial charge in [0, 0.05) is 0 Å². The normalized spacial score (nSPS) is 7.57. The zero-order valence-electron chi connectivity index (χ0n) is 4.39. The second-order valence-corrected chi connectivity index (χ2v) is 1.05. The van der Waals surface area contributed by atoms with Crippen LogP contribution in [0.15, 0.2) is 0 Å². The molecule has 32 valence electrons. The summed E-state index contributed by atoms with van der Waals surface area (Å²) >= 11 is 0. The van der Waals surface area contributed by atoms with Crippen molar-refractivity contribution in [2.75, 3.05) is 0 Å². The van der Waals surface area contributed by atoms with Gasteiger partial charge in [-0.2, -0.15) is 0 Å². The van der Waals surface area contributed by atoms with Crippen LogP contribution in [0, 0.1) is 13.1 Å². The molecule has 0 fully saturated rings. The van der Waals surface area contributed by atoms with E-state index in [4.69, 9.17) is 0 Å². The van der Waals surface area contributed by atoms with Crippen molar-refractivity contribution in [3.05, 3.63) is 11.9 Å². The molecule has 0 saturated heterocycles. The minimum absolute atomic E-state index is 0. The van der Waals surface area contributed by atoms with E-state index in [0.29, 0.717) is 0 Å². The molecule has 0 aromatic carbocycles. The van der Waals surface area contributed by atoms with Crippen LogP contribution in [0.2, 0.25) is 0 Å². The van der Waals surface area contributed by atoms with E-state index in [9.17, 15) is 0 Å². The standard InChI is InChI=1S/C3H4N3.K/c1-3-2-4-6-5-3;/h1H3,(H,4,5,6);/q-1;+1. The van der Waals surface area contributed by atoms with Crippen molar-refractivity contribution in [3.63, 3.8) is 0 Å². The maximum Gasteiger partial charge on any atom is 1.00 e. The largest absolute Gasteiger partial charge is 1.00 e. The van der Waals surface area contributed by atoms with Crippen LogP contribution in [0.5, 0.6) is 0 Å². The molecule has 0 aliphatic heterocycles. The van der Waals surface area contributed by atoms with Gasteiger partial charge in [0.25, 0.3) is 0 Å². The van der Waals surface area contributed by atoms with Crippen LogP contribution in [0.25, 0.3) is 0 Å². The molecule has 0 unspecified atom stereocenters. The summed E-state index contributed by atoms with van der Waals surface area (Å²) in [5.41, 5.74) is 0.870. The van der Waals surface area contributed by atoms with Gasteiger partial charge in [0.05, 0.1) is 0 Å². The van der Waals surface area contributed by atoms with E-state index in [1.54, 1.807) is 0 Å². The Kier molecular flexibility index (Phi) is 4.15. The second kappa shape index (κ2) is 3.74. The fourth-order valence-electron chi connectivity index (χ4n) is 0.225. The summed E-state index contributed by atoms with van der Waals surface area (Å²) in [5.74, 6) is 0. The molecule has 0 saturated carbocycles. The molecule has 0 aliphatic rings. The topological polar surface area (TPSA) is 41.6 Å². The van der Waals surface area contributed by atoms with Gasteiger partial charge in [-0.1, -0.05) is 6.92 Å². The van der Waals surface area contributed by atoms with Gasteiger partial charge < -0.3 is 16.4 Å². The molecular formula is C3H4KN3. The Hall–Kier alpha value is 0.776. The van der Waals surface area contributed by atoms with E-state index in [1.807, 2.05) is 6.92 Å². The molecule has 4 heteroatoms. The first-order chi connectivity index (χ1) is 2.89. The Bertz CT molecular complexity index is 114. The first kappa shape index (κ1) is 7.78. The van der Waals surface area contributed by atoms with Gasteiger partial charge in [0.1, 0.15) is 0 Å². The molecule has 0 atom stereocenters. The average molecular weight is 121 g/mol. The summed E-state index contributed by atoms with van der Waals surface area (Å²) < 4.78 is 0. The third-order valence-electron chi connectivity index (χ3n) is 0.485. The fraction of sp³-hybridized carbons (Fsp3) is 0.333. The van der Waals surface area contributed by atoms with E-state index < -0.39 is 0 Å². The summed E-state index contributed by atoms with van der Waals surface area (Å²) in [6.07, 6.45) is 2.58. The number of hydrogen-bond acceptors (Lipinski definition) is 2. The number of H-pyrrole nitrogens is 1. The van der Waals surface area contributed by atoms with Crippen LogP contribution >= 0.6 is 0 Å². The van der Waals surface area contributed by atoms with Gasteiger partial charge >= 0.3 is 51.4 Å². The maximum atomic E-state index is 3.39. The van der Waals surface area contributed by atoms with Crippen molar-refractivity contribution in [2.24, 2.45) is 0 Å². The molecule has 1 aromatic heterocycles. The van der Waals surface area contributed by atoms with Gasteiger partial charge in [-0.25, -0.2) is 0 Å². The van der Waals surface area contributed by atoms with Crippen LogP contribution in [0.1, 0.15) is 5.69 Å². The monoisotopic (exact) mass is 121 g/mol. The Morgan fingerprint density at radius 1 is 1.71 bits per heavy atom.